The number of rotatable bonds is 12. The number of amides is 1. The molecule has 0 bridgehead atoms. The zero-order valence-electron chi connectivity index (χ0n) is 30.3. The molecule has 3 fully saturated rings. The molecule has 4 aromatic rings. The van der Waals surface area contributed by atoms with E-state index in [1.807, 2.05) is 30.3 Å². The van der Waals surface area contributed by atoms with Crippen LogP contribution in [0.5, 0.6) is 11.5 Å². The number of anilines is 1. The lowest BCUT2D eigenvalue weighted by Crippen LogP contribution is -2.52. The second kappa shape index (κ2) is 15.4. The lowest BCUT2D eigenvalue weighted by atomic mass is 9.54. The largest absolute Gasteiger partial charge is 0.490 e. The number of benzene rings is 4. The Kier molecular flexibility index (Phi) is 10.3. The zero-order chi connectivity index (χ0) is 35.5. The maximum absolute atomic E-state index is 15.6. The first kappa shape index (κ1) is 34.9. The van der Waals surface area contributed by atoms with Crippen molar-refractivity contribution in [1.29, 1.82) is 0 Å². The number of halogens is 1. The summed E-state index contributed by atoms with van der Waals surface area (Å²) in [4.78, 5) is 15.0. The van der Waals surface area contributed by atoms with Crippen molar-refractivity contribution in [2.24, 2.45) is 17.3 Å². The van der Waals surface area contributed by atoms with E-state index in [-0.39, 0.29) is 35.1 Å². The molecule has 1 saturated heterocycles. The third-order valence-corrected chi connectivity index (χ3v) is 12.5. The molecule has 0 radical (unpaired) electrons. The summed E-state index contributed by atoms with van der Waals surface area (Å²) in [7, 11) is 0. The molecule has 0 unspecified atom stereocenters. The second-order valence-corrected chi connectivity index (χ2v) is 15.7. The molecule has 1 heterocycles. The van der Waals surface area contributed by atoms with Crippen LogP contribution in [0.3, 0.4) is 0 Å². The normalized spacial score (nSPS) is 26.6. The zero-order valence-corrected chi connectivity index (χ0v) is 30.3. The Hall–Kier alpha value is -4.20. The van der Waals surface area contributed by atoms with Gasteiger partial charge in [-0.2, -0.15) is 0 Å². The van der Waals surface area contributed by atoms with Gasteiger partial charge < -0.3 is 24.4 Å². The average Bonchev–Trinajstić information content (AvgIpc) is 3.81. The van der Waals surface area contributed by atoms with E-state index < -0.39 is 5.82 Å². The second-order valence-electron chi connectivity index (χ2n) is 15.7. The molecule has 272 valence electrons. The summed E-state index contributed by atoms with van der Waals surface area (Å²) in [5, 5.41) is 2.79. The van der Waals surface area contributed by atoms with Crippen LogP contribution in [0, 0.1) is 23.1 Å². The van der Waals surface area contributed by atoms with Gasteiger partial charge in [0.05, 0.1) is 18.4 Å². The Morgan fingerprint density at radius 2 is 1.60 bits per heavy atom. The number of ether oxygens (including phenoxy) is 3. The fourth-order valence-corrected chi connectivity index (χ4v) is 9.87. The molecule has 0 spiro atoms. The van der Waals surface area contributed by atoms with Crippen molar-refractivity contribution in [3.05, 3.63) is 125 Å². The van der Waals surface area contributed by atoms with Crippen LogP contribution < -0.4 is 14.8 Å². The molecule has 1 amide bonds. The van der Waals surface area contributed by atoms with Gasteiger partial charge in [0.2, 0.25) is 5.91 Å². The highest BCUT2D eigenvalue weighted by atomic mass is 19.1. The lowest BCUT2D eigenvalue weighted by Gasteiger charge is -2.53. The van der Waals surface area contributed by atoms with Crippen LogP contribution in [-0.4, -0.2) is 42.6 Å². The maximum Gasteiger partial charge on any atom is 0.225 e. The third-order valence-electron chi connectivity index (χ3n) is 12.5. The van der Waals surface area contributed by atoms with Crippen LogP contribution >= 0.6 is 0 Å². The highest BCUT2D eigenvalue weighted by molar-refractivity contribution is 5.91. The predicted molar refractivity (Wildman–Crippen MR) is 202 cm³/mol. The number of aryl methyl sites for hydroxylation is 1. The van der Waals surface area contributed by atoms with E-state index in [9.17, 15) is 4.79 Å². The van der Waals surface area contributed by atoms with Gasteiger partial charge in [0, 0.05) is 30.4 Å². The molecule has 0 aromatic heterocycles. The summed E-state index contributed by atoms with van der Waals surface area (Å²) in [6.07, 6.45) is 7.72. The summed E-state index contributed by atoms with van der Waals surface area (Å²) >= 11 is 0. The quantitative estimate of drug-likeness (QED) is 0.160. The number of fused-ring (bicyclic) bond motifs is 5. The maximum atomic E-state index is 15.6. The fraction of sp³-hybridized carbons (Fsp3) is 0.444. The summed E-state index contributed by atoms with van der Waals surface area (Å²) in [5.74, 6) is 1.85. The van der Waals surface area contributed by atoms with Gasteiger partial charge in [0.15, 0.2) is 0 Å². The van der Waals surface area contributed by atoms with Crippen LogP contribution in [-0.2, 0) is 29.2 Å². The number of hydrogen-bond donors (Lipinski definition) is 1. The number of nitrogens with one attached hydrogen (secondary N) is 1. The Balaban J connectivity index is 1.03. The van der Waals surface area contributed by atoms with E-state index in [0.29, 0.717) is 43.8 Å². The molecule has 6 nitrogen and oxygen atoms in total. The first-order chi connectivity index (χ1) is 25.4. The molecular weight excluding hydrogens is 652 g/mol. The topological polar surface area (TPSA) is 60.0 Å². The summed E-state index contributed by atoms with van der Waals surface area (Å²) < 4.78 is 35.5. The minimum Gasteiger partial charge on any atom is -0.490 e. The van der Waals surface area contributed by atoms with Crippen LogP contribution in [0.1, 0.15) is 80.0 Å². The van der Waals surface area contributed by atoms with Gasteiger partial charge in [-0.3, -0.25) is 4.79 Å². The molecule has 4 aliphatic rings. The average molecular weight is 703 g/mol. The van der Waals surface area contributed by atoms with Gasteiger partial charge in [-0.15, -0.1) is 0 Å². The van der Waals surface area contributed by atoms with E-state index in [2.05, 4.69) is 71.7 Å². The van der Waals surface area contributed by atoms with Crippen molar-refractivity contribution in [2.45, 2.75) is 89.6 Å². The molecule has 1 N–H and O–H groups in total. The lowest BCUT2D eigenvalue weighted by molar-refractivity contribution is -0.116. The standard InChI is InChI=1S/C45H51FN2O4/c1-45-28-41(52-35-16-20-40(39(46)27-35)47-43(49)22-25-48-23-8-9-24-48)44-36-18-15-34(50-29-31-10-4-2-5-11-31)26-33(36)14-17-37(44)38(45)19-21-42(45)51-30-32-12-6-3-7-13-32/h2-7,10-13,15-16,18,20,26-27,37-38,41-42,44H,8-9,14,17,19,21-25,28-30H2,1H3,(H,47,49)/t37-,38-,41-,42-,44+,45-/m0/s1. The van der Waals surface area contributed by atoms with Crippen LogP contribution in [0.4, 0.5) is 10.1 Å². The number of likely N-dealkylation sites (tertiary alicyclic amines) is 1. The molecule has 4 aromatic carbocycles. The monoisotopic (exact) mass is 702 g/mol. The number of nitrogens with zero attached hydrogens (tertiary/aromatic N) is 1. The third kappa shape index (κ3) is 7.49. The molecule has 1 aliphatic heterocycles. The highest BCUT2D eigenvalue weighted by Gasteiger charge is 2.59. The van der Waals surface area contributed by atoms with Gasteiger partial charge in [0.1, 0.15) is 30.0 Å². The molecule has 8 rings (SSSR count). The van der Waals surface area contributed by atoms with Crippen LogP contribution in [0.25, 0.3) is 0 Å². The Labute approximate surface area is 307 Å². The molecule has 52 heavy (non-hydrogen) atoms. The number of carbonyl (C=O) groups is 1. The molecule has 7 heteroatoms. The molecular formula is C45H51FN2O4. The number of hydrogen-bond acceptors (Lipinski definition) is 5. The smallest absolute Gasteiger partial charge is 0.225 e. The van der Waals surface area contributed by atoms with E-state index in [0.717, 1.165) is 56.5 Å². The number of carbonyl (C=O) groups excluding carboxylic acids is 1. The van der Waals surface area contributed by atoms with Crippen molar-refractivity contribution in [1.82, 2.24) is 4.90 Å². The Morgan fingerprint density at radius 1 is 0.865 bits per heavy atom. The minimum atomic E-state index is -0.474. The summed E-state index contributed by atoms with van der Waals surface area (Å²) in [6.45, 7) is 6.30. The van der Waals surface area contributed by atoms with E-state index >= 15 is 4.39 Å². The van der Waals surface area contributed by atoms with Gasteiger partial charge in [0.25, 0.3) is 0 Å². The van der Waals surface area contributed by atoms with Crippen molar-refractivity contribution in [2.75, 3.05) is 25.0 Å². The summed E-state index contributed by atoms with van der Waals surface area (Å²) in [5.41, 5.74) is 5.10. The van der Waals surface area contributed by atoms with Crippen molar-refractivity contribution in [3.8, 4) is 11.5 Å². The van der Waals surface area contributed by atoms with Gasteiger partial charge in [-0.05, 0) is 116 Å². The van der Waals surface area contributed by atoms with Gasteiger partial charge >= 0.3 is 0 Å². The van der Waals surface area contributed by atoms with Gasteiger partial charge in [-0.1, -0.05) is 73.7 Å². The minimum absolute atomic E-state index is 0.0708. The van der Waals surface area contributed by atoms with Crippen LogP contribution in [0.2, 0.25) is 0 Å². The van der Waals surface area contributed by atoms with E-state index in [4.69, 9.17) is 14.2 Å². The van der Waals surface area contributed by atoms with Crippen molar-refractivity contribution in [3.63, 3.8) is 0 Å². The van der Waals surface area contributed by atoms with E-state index in [1.54, 1.807) is 6.07 Å². The first-order valence-electron chi connectivity index (χ1n) is 19.4. The molecule has 2 saturated carbocycles. The highest BCUT2D eigenvalue weighted by Crippen LogP contribution is 2.62. The van der Waals surface area contributed by atoms with E-state index in [1.165, 1.54) is 35.6 Å². The fourth-order valence-electron chi connectivity index (χ4n) is 9.87. The predicted octanol–water partition coefficient (Wildman–Crippen LogP) is 9.33. The van der Waals surface area contributed by atoms with Crippen LogP contribution in [0.15, 0.2) is 97.1 Å². The Bertz CT molecular complexity index is 1830. The SMILES string of the molecule is C[C@]12C[C@H](Oc3ccc(NC(=O)CCN4CCCC4)c(F)c3)[C@@H]3c4ccc(OCc5ccccc5)cc4CC[C@H]3[C@@H]1CC[C@@H]2OCc1ccccc1. The molecule has 3 aliphatic carbocycles. The van der Waals surface area contributed by atoms with Crippen molar-refractivity contribution < 1.29 is 23.4 Å². The first-order valence-corrected chi connectivity index (χ1v) is 19.4. The van der Waals surface area contributed by atoms with Gasteiger partial charge in [-0.25, -0.2) is 4.39 Å². The Morgan fingerprint density at radius 3 is 2.35 bits per heavy atom. The van der Waals surface area contributed by atoms with Crippen molar-refractivity contribution >= 4 is 11.6 Å². The summed E-state index contributed by atoms with van der Waals surface area (Å²) in [6, 6.07) is 32.2. The molecule has 6 atom stereocenters.